The molecule has 0 unspecified atom stereocenters. The molecule has 7 nitrogen and oxygen atoms in total. The molecule has 170 valence electrons. The highest BCUT2D eigenvalue weighted by atomic mass is 16.5. The lowest BCUT2D eigenvalue weighted by molar-refractivity contribution is 0.102. The summed E-state index contributed by atoms with van der Waals surface area (Å²) in [6.07, 6.45) is 3.94. The summed E-state index contributed by atoms with van der Waals surface area (Å²) in [5.41, 5.74) is 4.48. The Morgan fingerprint density at radius 2 is 1.88 bits per heavy atom. The molecule has 2 aromatic carbocycles. The Hall–Kier alpha value is -4.18. The summed E-state index contributed by atoms with van der Waals surface area (Å²) in [5.74, 6) is 1.54. The third-order valence-electron chi connectivity index (χ3n) is 5.98. The molecule has 2 aromatic heterocycles. The van der Waals surface area contributed by atoms with Gasteiger partial charge in [0.2, 0.25) is 0 Å². The molecule has 4 aromatic rings. The summed E-state index contributed by atoms with van der Waals surface area (Å²) in [5, 5.41) is 17.2. The number of pyridine rings is 1. The molecular weight excluding hydrogens is 426 g/mol. The summed E-state index contributed by atoms with van der Waals surface area (Å²) >= 11 is 0. The van der Waals surface area contributed by atoms with Crippen molar-refractivity contribution in [3.05, 3.63) is 77.1 Å². The number of carbonyl (C=O) groups excluding carboxylic acids is 1. The van der Waals surface area contributed by atoms with Gasteiger partial charge in [-0.2, -0.15) is 10.4 Å². The van der Waals surface area contributed by atoms with E-state index in [9.17, 15) is 4.79 Å². The van der Waals surface area contributed by atoms with Gasteiger partial charge in [0.15, 0.2) is 5.65 Å². The minimum atomic E-state index is -0.179. The molecule has 1 N–H and O–H groups in total. The van der Waals surface area contributed by atoms with E-state index >= 15 is 0 Å². The van der Waals surface area contributed by atoms with E-state index in [0.29, 0.717) is 34.2 Å². The number of benzene rings is 2. The maximum atomic E-state index is 13.4. The zero-order chi connectivity index (χ0) is 23.8. The quantitative estimate of drug-likeness (QED) is 0.381. The van der Waals surface area contributed by atoms with Crippen LogP contribution in [0.3, 0.4) is 0 Å². The monoisotopic (exact) mass is 451 g/mol. The van der Waals surface area contributed by atoms with Crippen LogP contribution >= 0.6 is 0 Å². The predicted molar refractivity (Wildman–Crippen MR) is 130 cm³/mol. The van der Waals surface area contributed by atoms with Gasteiger partial charge in [-0.05, 0) is 87.7 Å². The number of amides is 1. The topological polar surface area (TPSA) is 92.8 Å². The van der Waals surface area contributed by atoms with Crippen molar-refractivity contribution in [1.82, 2.24) is 14.8 Å². The molecule has 5 rings (SSSR count). The van der Waals surface area contributed by atoms with Crippen LogP contribution in [0.1, 0.15) is 65.8 Å². The van der Waals surface area contributed by atoms with Gasteiger partial charge in [0, 0.05) is 23.3 Å². The van der Waals surface area contributed by atoms with Gasteiger partial charge in [0.25, 0.3) is 5.91 Å². The van der Waals surface area contributed by atoms with Crippen molar-refractivity contribution in [2.75, 3.05) is 5.32 Å². The van der Waals surface area contributed by atoms with E-state index in [2.05, 4.69) is 30.3 Å². The Balaban J connectivity index is 1.40. The summed E-state index contributed by atoms with van der Waals surface area (Å²) in [6, 6.07) is 16.6. The minimum absolute atomic E-state index is 0.154. The minimum Gasteiger partial charge on any atom is -0.457 e. The first-order valence-corrected chi connectivity index (χ1v) is 11.4. The summed E-state index contributed by atoms with van der Waals surface area (Å²) in [6.45, 7) is 6.04. The third-order valence-corrected chi connectivity index (χ3v) is 5.98. The van der Waals surface area contributed by atoms with Crippen molar-refractivity contribution in [1.29, 1.82) is 5.26 Å². The van der Waals surface area contributed by atoms with Gasteiger partial charge in [-0.25, -0.2) is 9.67 Å². The Morgan fingerprint density at radius 3 is 2.53 bits per heavy atom. The molecule has 2 heterocycles. The maximum Gasteiger partial charge on any atom is 0.256 e. The van der Waals surface area contributed by atoms with E-state index in [4.69, 9.17) is 15.0 Å². The van der Waals surface area contributed by atoms with Crippen LogP contribution in [0.15, 0.2) is 54.7 Å². The molecule has 7 heteroatoms. The number of hydrogen-bond acceptors (Lipinski definition) is 5. The molecule has 1 aliphatic rings. The van der Waals surface area contributed by atoms with E-state index in [1.54, 1.807) is 30.5 Å². The lowest BCUT2D eigenvalue weighted by atomic mass is 10.1. The second kappa shape index (κ2) is 8.64. The number of nitriles is 1. The Kier molecular flexibility index (Phi) is 5.50. The molecule has 0 spiro atoms. The van der Waals surface area contributed by atoms with Crippen molar-refractivity contribution in [2.45, 2.75) is 45.6 Å². The van der Waals surface area contributed by atoms with Crippen molar-refractivity contribution >= 4 is 22.6 Å². The molecule has 0 radical (unpaired) electrons. The van der Waals surface area contributed by atoms with Gasteiger partial charge in [-0.3, -0.25) is 4.79 Å². The molecule has 1 fully saturated rings. The number of nitrogens with one attached hydrogen (secondary N) is 1. The van der Waals surface area contributed by atoms with Crippen LogP contribution in [0.25, 0.3) is 11.0 Å². The smallest absolute Gasteiger partial charge is 0.256 e. The molecule has 1 aliphatic carbocycles. The summed E-state index contributed by atoms with van der Waals surface area (Å²) in [7, 11) is 0. The van der Waals surface area contributed by atoms with Gasteiger partial charge in [0.05, 0.1) is 28.8 Å². The fourth-order valence-corrected chi connectivity index (χ4v) is 3.95. The largest absolute Gasteiger partial charge is 0.457 e. The van der Waals surface area contributed by atoms with Crippen LogP contribution in [0, 0.1) is 18.3 Å². The highest BCUT2D eigenvalue weighted by Crippen LogP contribution is 2.40. The van der Waals surface area contributed by atoms with Gasteiger partial charge >= 0.3 is 0 Å². The lowest BCUT2D eigenvalue weighted by Crippen LogP contribution is -2.14. The van der Waals surface area contributed by atoms with Crippen LogP contribution in [-0.4, -0.2) is 20.7 Å². The third kappa shape index (κ3) is 4.23. The van der Waals surface area contributed by atoms with Crippen LogP contribution in [0.5, 0.6) is 11.5 Å². The van der Waals surface area contributed by atoms with Crippen LogP contribution in [-0.2, 0) is 0 Å². The number of ether oxygens (including phenoxy) is 1. The van der Waals surface area contributed by atoms with E-state index in [-0.39, 0.29) is 11.9 Å². The first-order chi connectivity index (χ1) is 16.4. The number of fused-ring (bicyclic) bond motifs is 1. The summed E-state index contributed by atoms with van der Waals surface area (Å²) < 4.78 is 7.77. The number of nitrogens with zero attached hydrogens (tertiary/aromatic N) is 4. The number of aryl methyl sites for hydroxylation is 1. The average Bonchev–Trinajstić information content (AvgIpc) is 3.59. The van der Waals surface area contributed by atoms with E-state index < -0.39 is 0 Å². The highest BCUT2D eigenvalue weighted by Gasteiger charge is 2.28. The number of carbonyl (C=O) groups is 1. The second-order valence-corrected chi connectivity index (χ2v) is 8.96. The normalized spacial score (nSPS) is 13.1. The molecular formula is C27H25N5O2. The van der Waals surface area contributed by atoms with Gasteiger partial charge in [0.1, 0.15) is 11.5 Å². The van der Waals surface area contributed by atoms with Crippen molar-refractivity contribution in [3.8, 4) is 17.6 Å². The zero-order valence-electron chi connectivity index (χ0n) is 19.4. The van der Waals surface area contributed by atoms with Crippen molar-refractivity contribution < 1.29 is 9.53 Å². The second-order valence-electron chi connectivity index (χ2n) is 8.96. The lowest BCUT2D eigenvalue weighted by Gasteiger charge is -2.13. The van der Waals surface area contributed by atoms with Crippen LogP contribution < -0.4 is 10.1 Å². The first kappa shape index (κ1) is 21.7. The van der Waals surface area contributed by atoms with E-state index in [0.717, 1.165) is 35.1 Å². The van der Waals surface area contributed by atoms with Gasteiger partial charge in [-0.1, -0.05) is 0 Å². The number of hydrogen-bond donors (Lipinski definition) is 1. The molecule has 0 atom stereocenters. The van der Waals surface area contributed by atoms with Gasteiger partial charge < -0.3 is 10.1 Å². The molecule has 0 saturated heterocycles. The fourth-order valence-electron chi connectivity index (χ4n) is 3.95. The van der Waals surface area contributed by atoms with Crippen LogP contribution in [0.2, 0.25) is 0 Å². The Morgan fingerprint density at radius 1 is 1.15 bits per heavy atom. The van der Waals surface area contributed by atoms with Crippen molar-refractivity contribution in [3.63, 3.8) is 0 Å². The molecule has 34 heavy (non-hydrogen) atoms. The van der Waals surface area contributed by atoms with Crippen molar-refractivity contribution in [2.24, 2.45) is 0 Å². The highest BCUT2D eigenvalue weighted by molar-refractivity contribution is 6.12. The average molecular weight is 452 g/mol. The van der Waals surface area contributed by atoms with Crippen LogP contribution in [0.4, 0.5) is 5.69 Å². The predicted octanol–water partition coefficient (Wildman–Crippen LogP) is 6.11. The molecule has 0 bridgehead atoms. The number of aromatic nitrogens is 3. The number of anilines is 1. The van der Waals surface area contributed by atoms with E-state index in [1.807, 2.05) is 35.9 Å². The fraction of sp³-hybridized carbons (Fsp3) is 0.259. The molecule has 0 aliphatic heterocycles. The Labute approximate surface area is 198 Å². The number of rotatable bonds is 6. The zero-order valence-corrected chi connectivity index (χ0v) is 19.4. The molecule has 1 saturated carbocycles. The molecule has 1 amide bonds. The van der Waals surface area contributed by atoms with Gasteiger partial charge in [-0.15, -0.1) is 0 Å². The standard InChI is InChI=1S/C27H25N5O2/c1-16(2)32-26-23(15-29-32)22(13-25(30-26)19-6-7-19)27(33)31-24-11-10-21(12-17(24)3)34-20-8-4-18(14-28)5-9-20/h4-5,8-13,15-16,19H,6-7H2,1-3H3,(H,31,33). The Bertz CT molecular complexity index is 1430. The first-order valence-electron chi connectivity index (χ1n) is 11.4. The SMILES string of the molecule is Cc1cc(Oc2ccc(C#N)cc2)ccc1NC(=O)c1cc(C2CC2)nc2c1cnn2C(C)C. The van der Waals surface area contributed by atoms with E-state index in [1.165, 1.54) is 0 Å². The summed E-state index contributed by atoms with van der Waals surface area (Å²) in [4.78, 5) is 18.2. The maximum absolute atomic E-state index is 13.4.